The molecule has 192 valence electrons. The molecule has 0 bridgehead atoms. The minimum Gasteiger partial charge on any atom is -0.453 e. The molecule has 5 rings (SSSR count). The van der Waals surface area contributed by atoms with Gasteiger partial charge in [0.2, 0.25) is 0 Å². The molecule has 1 saturated heterocycles. The van der Waals surface area contributed by atoms with E-state index in [2.05, 4.69) is 10.1 Å². The molecule has 0 radical (unpaired) electrons. The number of nitrogens with zero attached hydrogens (tertiary/aromatic N) is 5. The Kier molecular flexibility index (Phi) is 6.65. The first-order valence-corrected chi connectivity index (χ1v) is 11.8. The highest BCUT2D eigenvalue weighted by Gasteiger charge is 2.28. The zero-order valence-electron chi connectivity index (χ0n) is 19.6. The molecular formula is C25H22ClF3N6O2. The van der Waals surface area contributed by atoms with Crippen molar-refractivity contribution in [2.24, 2.45) is 5.73 Å². The molecule has 2 atom stereocenters. The Morgan fingerprint density at radius 2 is 1.86 bits per heavy atom. The van der Waals surface area contributed by atoms with Crippen LogP contribution >= 0.6 is 11.6 Å². The van der Waals surface area contributed by atoms with Gasteiger partial charge in [-0.1, -0.05) is 17.7 Å². The summed E-state index contributed by atoms with van der Waals surface area (Å²) in [6, 6.07) is 9.08. The number of benzene rings is 2. The molecule has 37 heavy (non-hydrogen) atoms. The number of nitrogens with two attached hydrogens (primary N) is 1. The fourth-order valence-corrected chi connectivity index (χ4v) is 4.48. The van der Waals surface area contributed by atoms with E-state index in [1.165, 1.54) is 24.4 Å². The quantitative estimate of drug-likeness (QED) is 0.400. The Labute approximate surface area is 214 Å². The van der Waals surface area contributed by atoms with Gasteiger partial charge < -0.3 is 15.4 Å². The smallest absolute Gasteiger partial charge is 0.350 e. The molecule has 1 fully saturated rings. The molecule has 1 aliphatic heterocycles. The lowest BCUT2D eigenvalue weighted by atomic mass is 10.2. The second-order valence-electron chi connectivity index (χ2n) is 8.84. The molecule has 0 saturated carbocycles. The lowest BCUT2D eigenvalue weighted by Crippen LogP contribution is -2.29. The third-order valence-corrected chi connectivity index (χ3v) is 6.49. The van der Waals surface area contributed by atoms with Gasteiger partial charge in [-0.2, -0.15) is 9.78 Å². The molecule has 0 unspecified atom stereocenters. The van der Waals surface area contributed by atoms with Crippen LogP contribution in [0.3, 0.4) is 0 Å². The first-order valence-electron chi connectivity index (χ1n) is 11.4. The van der Waals surface area contributed by atoms with Gasteiger partial charge in [0.15, 0.2) is 17.3 Å². The van der Waals surface area contributed by atoms with Crippen LogP contribution < -0.4 is 21.1 Å². The second-order valence-corrected chi connectivity index (χ2v) is 9.25. The predicted octanol–water partition coefficient (Wildman–Crippen LogP) is 4.27. The summed E-state index contributed by atoms with van der Waals surface area (Å²) in [5, 5.41) is 4.14. The van der Waals surface area contributed by atoms with E-state index in [0.717, 1.165) is 40.2 Å². The Bertz CT molecular complexity index is 1500. The number of aromatic nitrogens is 4. The fraction of sp³-hybridized carbons (Fsp3) is 0.240. The van der Waals surface area contributed by atoms with Crippen LogP contribution in [0.15, 0.2) is 59.8 Å². The molecule has 4 aromatic rings. The molecule has 2 aromatic carbocycles. The molecule has 2 N–H and O–H groups in total. The number of pyridine rings is 1. The van der Waals surface area contributed by atoms with Crippen molar-refractivity contribution >= 4 is 17.4 Å². The monoisotopic (exact) mass is 530 g/mol. The Balaban J connectivity index is 1.38. The van der Waals surface area contributed by atoms with E-state index in [1.54, 1.807) is 6.07 Å². The van der Waals surface area contributed by atoms with Crippen molar-refractivity contribution in [3.8, 4) is 17.2 Å². The maximum atomic E-state index is 15.0. The van der Waals surface area contributed by atoms with Crippen LogP contribution in [-0.4, -0.2) is 38.0 Å². The first-order chi connectivity index (χ1) is 17.7. The van der Waals surface area contributed by atoms with Crippen LogP contribution in [0.25, 0.3) is 5.69 Å². The van der Waals surface area contributed by atoms with Gasteiger partial charge in [0.1, 0.15) is 28.8 Å². The standard InChI is InChI=1S/C25H22ClF3N6O2/c1-14-7-15(30)11-34(14)24-9-23(18(26)10-31-24)37-22-6-5-16(8-21(22)29)35-25(36)33(13-32-35)12-17-19(27)3-2-4-20(17)28/h2-6,8-10,13-15H,7,11-12,30H2,1H3/t14-,15+/m0/s1. The van der Waals surface area contributed by atoms with Gasteiger partial charge in [-0.15, -0.1) is 0 Å². The van der Waals surface area contributed by atoms with E-state index < -0.39 is 23.1 Å². The van der Waals surface area contributed by atoms with Gasteiger partial charge in [-0.3, -0.25) is 4.57 Å². The lowest BCUT2D eigenvalue weighted by Gasteiger charge is -2.23. The highest BCUT2D eigenvalue weighted by atomic mass is 35.5. The topological polar surface area (TPSA) is 91.2 Å². The molecule has 0 aliphatic carbocycles. The van der Waals surface area contributed by atoms with E-state index in [4.69, 9.17) is 22.1 Å². The molecule has 3 heterocycles. The molecule has 1 aliphatic rings. The normalized spacial score (nSPS) is 17.4. The average molecular weight is 531 g/mol. The third-order valence-electron chi connectivity index (χ3n) is 6.21. The van der Waals surface area contributed by atoms with E-state index in [0.29, 0.717) is 12.4 Å². The van der Waals surface area contributed by atoms with Crippen LogP contribution in [0, 0.1) is 17.5 Å². The van der Waals surface area contributed by atoms with Crippen LogP contribution in [0.5, 0.6) is 11.5 Å². The Hall–Kier alpha value is -3.83. The minimum absolute atomic E-state index is 0.0273. The Morgan fingerprint density at radius 3 is 2.54 bits per heavy atom. The third kappa shape index (κ3) is 4.92. The summed E-state index contributed by atoms with van der Waals surface area (Å²) >= 11 is 6.24. The van der Waals surface area contributed by atoms with Crippen LogP contribution in [0.2, 0.25) is 5.02 Å². The number of hydrogen-bond acceptors (Lipinski definition) is 6. The van der Waals surface area contributed by atoms with Gasteiger partial charge in [0.25, 0.3) is 0 Å². The summed E-state index contributed by atoms with van der Waals surface area (Å²) < 4.78 is 50.6. The van der Waals surface area contributed by atoms with E-state index in [1.807, 2.05) is 11.8 Å². The van der Waals surface area contributed by atoms with Crippen LogP contribution in [0.1, 0.15) is 18.9 Å². The number of anilines is 1. The number of ether oxygens (including phenoxy) is 1. The molecular weight excluding hydrogens is 509 g/mol. The largest absolute Gasteiger partial charge is 0.453 e. The predicted molar refractivity (Wildman–Crippen MR) is 132 cm³/mol. The summed E-state index contributed by atoms with van der Waals surface area (Å²) in [5.41, 5.74) is 5.17. The van der Waals surface area contributed by atoms with Crippen molar-refractivity contribution in [2.75, 3.05) is 11.4 Å². The summed E-state index contributed by atoms with van der Waals surface area (Å²) in [4.78, 5) is 19.1. The lowest BCUT2D eigenvalue weighted by molar-refractivity contribution is 0.441. The van der Waals surface area contributed by atoms with E-state index >= 15 is 0 Å². The van der Waals surface area contributed by atoms with Crippen LogP contribution in [0.4, 0.5) is 19.0 Å². The molecule has 8 nitrogen and oxygen atoms in total. The minimum atomic E-state index is -0.785. The van der Waals surface area contributed by atoms with E-state index in [-0.39, 0.29) is 46.4 Å². The number of rotatable bonds is 6. The van der Waals surface area contributed by atoms with Crippen LogP contribution in [-0.2, 0) is 6.54 Å². The van der Waals surface area contributed by atoms with Crippen molar-refractivity contribution in [1.29, 1.82) is 0 Å². The summed E-state index contributed by atoms with van der Waals surface area (Å²) in [6.45, 7) is 2.30. The van der Waals surface area contributed by atoms with Gasteiger partial charge >= 0.3 is 5.69 Å². The Morgan fingerprint density at radius 1 is 1.11 bits per heavy atom. The van der Waals surface area contributed by atoms with Crippen molar-refractivity contribution in [2.45, 2.75) is 32.0 Å². The number of halogens is 4. The zero-order valence-corrected chi connectivity index (χ0v) is 20.4. The average Bonchev–Trinajstić information content (AvgIpc) is 3.39. The van der Waals surface area contributed by atoms with Crippen molar-refractivity contribution in [1.82, 2.24) is 19.3 Å². The van der Waals surface area contributed by atoms with Crippen molar-refractivity contribution < 1.29 is 17.9 Å². The highest BCUT2D eigenvalue weighted by molar-refractivity contribution is 6.32. The summed E-state index contributed by atoms with van der Waals surface area (Å²) in [5.74, 6) is -1.65. The van der Waals surface area contributed by atoms with Gasteiger partial charge in [-0.25, -0.2) is 22.9 Å². The van der Waals surface area contributed by atoms with Gasteiger partial charge in [0, 0.05) is 36.3 Å². The SMILES string of the molecule is C[C@H]1C[C@@H](N)CN1c1cc(Oc2ccc(-n3ncn(Cc4c(F)cccc4F)c3=O)cc2F)c(Cl)cn1. The van der Waals surface area contributed by atoms with Crippen molar-refractivity contribution in [3.63, 3.8) is 0 Å². The first kappa shape index (κ1) is 24.8. The van der Waals surface area contributed by atoms with E-state index in [9.17, 15) is 18.0 Å². The maximum absolute atomic E-state index is 15.0. The maximum Gasteiger partial charge on any atom is 0.350 e. The molecule has 12 heteroatoms. The van der Waals surface area contributed by atoms with Gasteiger partial charge in [0.05, 0.1) is 18.4 Å². The zero-order chi connectivity index (χ0) is 26.3. The number of hydrogen-bond donors (Lipinski definition) is 1. The van der Waals surface area contributed by atoms with Gasteiger partial charge in [-0.05, 0) is 37.6 Å². The fourth-order valence-electron chi connectivity index (χ4n) is 4.33. The highest BCUT2D eigenvalue weighted by Crippen LogP contribution is 2.35. The summed E-state index contributed by atoms with van der Waals surface area (Å²) in [7, 11) is 0. The summed E-state index contributed by atoms with van der Waals surface area (Å²) in [6.07, 6.45) is 3.38. The van der Waals surface area contributed by atoms with Crippen molar-refractivity contribution in [3.05, 3.63) is 93.5 Å². The molecule has 2 aromatic heterocycles. The molecule has 0 amide bonds. The second kappa shape index (κ2) is 9.91. The molecule has 0 spiro atoms.